The lowest BCUT2D eigenvalue weighted by Crippen LogP contribution is -2.27. The predicted octanol–water partition coefficient (Wildman–Crippen LogP) is 3.00. The van der Waals surface area contributed by atoms with Crippen molar-refractivity contribution in [3.05, 3.63) is 46.5 Å². The highest BCUT2D eigenvalue weighted by Crippen LogP contribution is 2.41. The second kappa shape index (κ2) is 6.52. The van der Waals surface area contributed by atoms with Gasteiger partial charge in [0.05, 0.1) is 17.7 Å². The summed E-state index contributed by atoms with van der Waals surface area (Å²) in [6, 6.07) is 6.64. The number of hydrogen-bond acceptors (Lipinski definition) is 5. The normalized spacial score (nSPS) is 13.7. The smallest absolute Gasteiger partial charge is 0.335 e. The van der Waals surface area contributed by atoms with E-state index in [0.717, 1.165) is 6.07 Å². The van der Waals surface area contributed by atoms with Crippen LogP contribution in [-0.2, 0) is 0 Å². The van der Waals surface area contributed by atoms with Crippen molar-refractivity contribution in [2.24, 2.45) is 0 Å². The number of carbonyl (C=O) groups is 2. The molecule has 0 saturated heterocycles. The first-order valence-electron chi connectivity index (χ1n) is 7.33. The summed E-state index contributed by atoms with van der Waals surface area (Å²) in [5, 5.41) is 18.8. The third-order valence-electron chi connectivity index (χ3n) is 3.68. The molecule has 0 radical (unpaired) electrons. The fourth-order valence-corrected chi connectivity index (χ4v) is 2.67. The van der Waals surface area contributed by atoms with Crippen LogP contribution < -0.4 is 9.47 Å². The van der Waals surface area contributed by atoms with Crippen molar-refractivity contribution in [2.45, 2.75) is 0 Å². The van der Waals surface area contributed by atoms with E-state index in [2.05, 4.69) is 0 Å². The summed E-state index contributed by atoms with van der Waals surface area (Å²) in [7, 11) is 1.67. The molecule has 8 heteroatoms. The minimum Gasteiger partial charge on any atom is -0.508 e. The van der Waals surface area contributed by atoms with Crippen molar-refractivity contribution >= 4 is 23.5 Å². The Balaban J connectivity index is 1.99. The minimum absolute atomic E-state index is 0.0938. The molecule has 1 aliphatic rings. The topological polar surface area (TPSA) is 96.3 Å². The fourth-order valence-electron chi connectivity index (χ4n) is 2.41. The standard InChI is InChI=1S/C17H14ClNO6/c1-19-4-5-24-15-12(16(19)21)2-3-13(14(15)18)25-11-7-9(17(22)23)6-10(20)8-11/h2-3,6-8,20H,4-5H2,1H3,(H,22,23). The Morgan fingerprint density at radius 1 is 1.32 bits per heavy atom. The third kappa shape index (κ3) is 3.32. The molecule has 0 atom stereocenters. The molecule has 0 saturated carbocycles. The minimum atomic E-state index is -1.20. The quantitative estimate of drug-likeness (QED) is 0.870. The van der Waals surface area contributed by atoms with Crippen LogP contribution in [0.15, 0.2) is 30.3 Å². The number of amides is 1. The number of carboxylic acids is 1. The van der Waals surface area contributed by atoms with Crippen molar-refractivity contribution in [3.8, 4) is 23.0 Å². The maximum atomic E-state index is 12.3. The fraction of sp³-hybridized carbons (Fsp3) is 0.176. The van der Waals surface area contributed by atoms with Gasteiger partial charge in [-0.1, -0.05) is 11.6 Å². The Bertz CT molecular complexity index is 866. The first-order chi connectivity index (χ1) is 11.9. The van der Waals surface area contributed by atoms with Gasteiger partial charge in [-0.3, -0.25) is 4.79 Å². The second-order valence-electron chi connectivity index (χ2n) is 5.45. The Kier molecular flexibility index (Phi) is 4.41. The van der Waals surface area contributed by atoms with Crippen molar-refractivity contribution in [1.82, 2.24) is 4.90 Å². The average Bonchev–Trinajstić information content (AvgIpc) is 2.70. The molecule has 1 aliphatic heterocycles. The number of hydrogen-bond donors (Lipinski definition) is 2. The van der Waals surface area contributed by atoms with Crippen LogP contribution >= 0.6 is 11.6 Å². The van der Waals surface area contributed by atoms with E-state index in [1.807, 2.05) is 0 Å². The van der Waals surface area contributed by atoms with E-state index in [9.17, 15) is 14.7 Å². The van der Waals surface area contributed by atoms with Gasteiger partial charge >= 0.3 is 5.97 Å². The van der Waals surface area contributed by atoms with Crippen LogP contribution in [0, 0.1) is 0 Å². The summed E-state index contributed by atoms with van der Waals surface area (Å²) >= 11 is 6.30. The van der Waals surface area contributed by atoms with Crippen LogP contribution in [0.5, 0.6) is 23.0 Å². The number of rotatable bonds is 3. The Morgan fingerprint density at radius 2 is 2.08 bits per heavy atom. The van der Waals surface area contributed by atoms with Gasteiger partial charge in [-0.25, -0.2) is 4.79 Å². The molecule has 3 rings (SSSR count). The molecule has 0 bridgehead atoms. The van der Waals surface area contributed by atoms with Crippen LogP contribution in [0.3, 0.4) is 0 Å². The van der Waals surface area contributed by atoms with E-state index in [0.29, 0.717) is 12.1 Å². The lowest BCUT2D eigenvalue weighted by atomic mass is 10.1. The molecule has 1 amide bonds. The summed E-state index contributed by atoms with van der Waals surface area (Å²) in [6.45, 7) is 0.711. The van der Waals surface area contributed by atoms with Crippen molar-refractivity contribution in [1.29, 1.82) is 0 Å². The van der Waals surface area contributed by atoms with Crippen LogP contribution in [0.4, 0.5) is 0 Å². The molecule has 130 valence electrons. The highest BCUT2D eigenvalue weighted by molar-refractivity contribution is 6.34. The molecule has 2 aromatic carbocycles. The van der Waals surface area contributed by atoms with Crippen LogP contribution in [0.2, 0.25) is 5.02 Å². The Hall–Kier alpha value is -2.93. The van der Waals surface area contributed by atoms with Crippen molar-refractivity contribution in [3.63, 3.8) is 0 Å². The number of carbonyl (C=O) groups excluding carboxylic acids is 1. The number of halogens is 1. The highest BCUT2D eigenvalue weighted by atomic mass is 35.5. The zero-order valence-electron chi connectivity index (χ0n) is 13.2. The van der Waals surface area contributed by atoms with E-state index < -0.39 is 5.97 Å². The van der Waals surface area contributed by atoms with E-state index >= 15 is 0 Å². The summed E-state index contributed by atoms with van der Waals surface area (Å²) in [5.74, 6) is -1.19. The van der Waals surface area contributed by atoms with Gasteiger partial charge < -0.3 is 24.6 Å². The lowest BCUT2D eigenvalue weighted by molar-refractivity contribution is 0.0695. The van der Waals surface area contributed by atoms with E-state index in [-0.39, 0.29) is 46.1 Å². The highest BCUT2D eigenvalue weighted by Gasteiger charge is 2.25. The van der Waals surface area contributed by atoms with E-state index in [4.69, 9.17) is 26.2 Å². The van der Waals surface area contributed by atoms with Crippen molar-refractivity contribution < 1.29 is 29.3 Å². The number of aromatic carboxylic acids is 1. The number of ether oxygens (including phenoxy) is 2. The third-order valence-corrected chi connectivity index (χ3v) is 4.04. The Morgan fingerprint density at radius 3 is 2.80 bits per heavy atom. The number of carboxylic acid groups (broad SMARTS) is 1. The number of aromatic hydroxyl groups is 1. The predicted molar refractivity (Wildman–Crippen MR) is 89.0 cm³/mol. The van der Waals surface area contributed by atoms with Gasteiger partial charge in [0.1, 0.15) is 28.9 Å². The molecule has 2 N–H and O–H groups in total. The van der Waals surface area contributed by atoms with Gasteiger partial charge in [0, 0.05) is 13.1 Å². The molecular formula is C17H14ClNO6. The van der Waals surface area contributed by atoms with E-state index in [1.54, 1.807) is 7.05 Å². The maximum absolute atomic E-state index is 12.3. The van der Waals surface area contributed by atoms with Crippen LogP contribution in [-0.4, -0.2) is 47.2 Å². The van der Waals surface area contributed by atoms with Gasteiger partial charge in [0.15, 0.2) is 5.75 Å². The number of benzene rings is 2. The molecular weight excluding hydrogens is 350 g/mol. The largest absolute Gasteiger partial charge is 0.508 e. The zero-order chi connectivity index (χ0) is 18.1. The number of likely N-dealkylation sites (N-methyl/N-ethyl adjacent to an activating group) is 1. The molecule has 0 unspecified atom stereocenters. The van der Waals surface area contributed by atoms with Crippen LogP contribution in [0.25, 0.3) is 0 Å². The van der Waals surface area contributed by atoms with Gasteiger partial charge in [-0.15, -0.1) is 0 Å². The summed E-state index contributed by atoms with van der Waals surface area (Å²) in [5.41, 5.74) is 0.188. The summed E-state index contributed by atoms with van der Waals surface area (Å²) < 4.78 is 11.2. The molecule has 25 heavy (non-hydrogen) atoms. The molecule has 1 heterocycles. The second-order valence-corrected chi connectivity index (χ2v) is 5.83. The molecule has 0 spiro atoms. The first kappa shape index (κ1) is 16.9. The summed E-state index contributed by atoms with van der Waals surface area (Å²) in [6.07, 6.45) is 0. The molecule has 0 aliphatic carbocycles. The summed E-state index contributed by atoms with van der Waals surface area (Å²) in [4.78, 5) is 24.9. The number of fused-ring (bicyclic) bond motifs is 1. The van der Waals surface area contributed by atoms with E-state index in [1.165, 1.54) is 29.2 Å². The van der Waals surface area contributed by atoms with Gasteiger partial charge in [-0.05, 0) is 24.3 Å². The van der Waals surface area contributed by atoms with Crippen LogP contribution in [0.1, 0.15) is 20.7 Å². The van der Waals surface area contributed by atoms with Gasteiger partial charge in [-0.2, -0.15) is 0 Å². The lowest BCUT2D eigenvalue weighted by Gasteiger charge is -2.14. The number of phenols is 1. The zero-order valence-corrected chi connectivity index (χ0v) is 13.9. The molecule has 7 nitrogen and oxygen atoms in total. The average molecular weight is 364 g/mol. The van der Waals surface area contributed by atoms with Gasteiger partial charge in [0.2, 0.25) is 0 Å². The maximum Gasteiger partial charge on any atom is 0.335 e. The monoisotopic (exact) mass is 363 g/mol. The first-order valence-corrected chi connectivity index (χ1v) is 7.70. The molecule has 0 aromatic heterocycles. The molecule has 0 fully saturated rings. The Labute approximate surface area is 148 Å². The molecule has 2 aromatic rings. The SMILES string of the molecule is CN1CCOc2c(ccc(Oc3cc(O)cc(C(=O)O)c3)c2Cl)C1=O. The van der Waals surface area contributed by atoms with Gasteiger partial charge in [0.25, 0.3) is 5.91 Å². The number of phenolic OH excluding ortho intramolecular Hbond substituents is 1. The number of nitrogens with zero attached hydrogens (tertiary/aromatic N) is 1. The van der Waals surface area contributed by atoms with Crippen molar-refractivity contribution in [2.75, 3.05) is 20.2 Å².